The largest absolute Gasteiger partial charge is 0.340 e. The highest BCUT2D eigenvalue weighted by molar-refractivity contribution is 5.86. The standard InChI is InChI=1S/C15H20F2N2O.ClH/c1-19(10-11-5-6-12(16)13(17)9-11)14(20)15(18)7-3-2-4-8-15;/h5-6,9H,2-4,7-8,10,18H2,1H3;1H. The number of halogens is 3. The first kappa shape index (κ1) is 17.9. The summed E-state index contributed by atoms with van der Waals surface area (Å²) in [5.41, 5.74) is 5.94. The van der Waals surface area contributed by atoms with E-state index in [1.54, 1.807) is 7.05 Å². The second-order valence-corrected chi connectivity index (χ2v) is 5.63. The van der Waals surface area contributed by atoms with Crippen molar-refractivity contribution in [1.82, 2.24) is 4.90 Å². The first-order valence-corrected chi connectivity index (χ1v) is 6.91. The molecule has 0 radical (unpaired) electrons. The van der Waals surface area contributed by atoms with Crippen LogP contribution < -0.4 is 5.73 Å². The third kappa shape index (κ3) is 4.14. The van der Waals surface area contributed by atoms with Crippen molar-refractivity contribution in [2.75, 3.05) is 7.05 Å². The maximum absolute atomic E-state index is 13.2. The van der Waals surface area contributed by atoms with Crippen LogP contribution in [-0.4, -0.2) is 23.4 Å². The fraction of sp³-hybridized carbons (Fsp3) is 0.533. The Bertz CT molecular complexity index is 504. The van der Waals surface area contributed by atoms with Gasteiger partial charge in [0, 0.05) is 13.6 Å². The van der Waals surface area contributed by atoms with E-state index < -0.39 is 17.2 Å². The molecular formula is C15H21ClF2N2O. The predicted molar refractivity (Wildman–Crippen MR) is 80.1 cm³/mol. The van der Waals surface area contributed by atoms with Gasteiger partial charge in [-0.3, -0.25) is 4.79 Å². The van der Waals surface area contributed by atoms with Gasteiger partial charge in [-0.05, 0) is 30.5 Å². The smallest absolute Gasteiger partial charge is 0.242 e. The van der Waals surface area contributed by atoms with Crippen LogP contribution >= 0.6 is 12.4 Å². The number of carbonyl (C=O) groups is 1. The van der Waals surface area contributed by atoms with Gasteiger partial charge in [0.05, 0.1) is 5.54 Å². The minimum Gasteiger partial charge on any atom is -0.340 e. The monoisotopic (exact) mass is 318 g/mol. The molecule has 1 aliphatic carbocycles. The Morgan fingerprint density at radius 1 is 1.24 bits per heavy atom. The van der Waals surface area contributed by atoms with Crippen LogP contribution in [0, 0.1) is 11.6 Å². The van der Waals surface area contributed by atoms with Crippen molar-refractivity contribution >= 4 is 18.3 Å². The Morgan fingerprint density at radius 2 is 1.86 bits per heavy atom. The Hall–Kier alpha value is -1.20. The SMILES string of the molecule is CN(Cc1ccc(F)c(F)c1)C(=O)C1(N)CCCCC1.Cl. The molecule has 21 heavy (non-hydrogen) atoms. The summed E-state index contributed by atoms with van der Waals surface area (Å²) < 4.78 is 26.0. The predicted octanol–water partition coefficient (Wildman–Crippen LogP) is 3.01. The van der Waals surface area contributed by atoms with Crippen LogP contribution in [0.3, 0.4) is 0 Å². The molecule has 1 saturated carbocycles. The Kier molecular flexibility index (Phi) is 6.10. The van der Waals surface area contributed by atoms with Gasteiger partial charge in [-0.2, -0.15) is 0 Å². The van der Waals surface area contributed by atoms with Crippen LogP contribution in [0.4, 0.5) is 8.78 Å². The highest BCUT2D eigenvalue weighted by Gasteiger charge is 2.37. The average molecular weight is 319 g/mol. The van der Waals surface area contributed by atoms with Gasteiger partial charge in [-0.1, -0.05) is 25.3 Å². The number of hydrogen-bond acceptors (Lipinski definition) is 2. The number of rotatable bonds is 3. The van der Waals surface area contributed by atoms with Crippen molar-refractivity contribution in [3.05, 3.63) is 35.4 Å². The number of amides is 1. The molecule has 0 aliphatic heterocycles. The number of nitrogens with two attached hydrogens (primary N) is 1. The molecule has 1 amide bonds. The second-order valence-electron chi connectivity index (χ2n) is 5.63. The van der Waals surface area contributed by atoms with E-state index in [9.17, 15) is 13.6 Å². The van der Waals surface area contributed by atoms with Gasteiger partial charge in [-0.15, -0.1) is 12.4 Å². The van der Waals surface area contributed by atoms with E-state index in [1.807, 2.05) is 0 Å². The summed E-state index contributed by atoms with van der Waals surface area (Å²) in [5.74, 6) is -1.91. The van der Waals surface area contributed by atoms with Crippen LogP contribution in [0.5, 0.6) is 0 Å². The molecule has 1 aromatic rings. The molecule has 6 heteroatoms. The summed E-state index contributed by atoms with van der Waals surface area (Å²) in [6, 6.07) is 3.66. The Morgan fingerprint density at radius 3 is 2.43 bits per heavy atom. The molecule has 1 aromatic carbocycles. The van der Waals surface area contributed by atoms with E-state index in [0.29, 0.717) is 18.4 Å². The number of hydrogen-bond donors (Lipinski definition) is 1. The zero-order valence-electron chi connectivity index (χ0n) is 12.1. The van der Waals surface area contributed by atoms with Gasteiger partial charge in [-0.25, -0.2) is 8.78 Å². The molecule has 0 unspecified atom stereocenters. The van der Waals surface area contributed by atoms with E-state index >= 15 is 0 Å². The van der Waals surface area contributed by atoms with Crippen molar-refractivity contribution in [2.45, 2.75) is 44.2 Å². The molecule has 2 rings (SSSR count). The Labute approximate surface area is 129 Å². The summed E-state index contributed by atoms with van der Waals surface area (Å²) >= 11 is 0. The maximum Gasteiger partial charge on any atom is 0.242 e. The third-order valence-electron chi connectivity index (χ3n) is 3.92. The summed E-state index contributed by atoms with van der Waals surface area (Å²) in [6.45, 7) is 0.231. The number of benzene rings is 1. The lowest BCUT2D eigenvalue weighted by atomic mass is 9.81. The van der Waals surface area contributed by atoms with Crippen LogP contribution in [0.25, 0.3) is 0 Å². The van der Waals surface area contributed by atoms with E-state index in [0.717, 1.165) is 31.4 Å². The summed E-state index contributed by atoms with van der Waals surface area (Å²) in [4.78, 5) is 13.9. The normalized spacial score (nSPS) is 17.0. The quantitative estimate of drug-likeness (QED) is 0.931. The molecule has 1 aliphatic rings. The van der Waals surface area contributed by atoms with E-state index in [4.69, 9.17) is 5.73 Å². The molecule has 3 nitrogen and oxygen atoms in total. The molecule has 0 atom stereocenters. The summed E-state index contributed by atoms with van der Waals surface area (Å²) in [5, 5.41) is 0. The van der Waals surface area contributed by atoms with Crippen LogP contribution in [0.2, 0.25) is 0 Å². The van der Waals surface area contributed by atoms with Gasteiger partial charge in [0.15, 0.2) is 11.6 Å². The van der Waals surface area contributed by atoms with Crippen molar-refractivity contribution in [3.8, 4) is 0 Å². The summed E-state index contributed by atoms with van der Waals surface area (Å²) in [6.07, 6.45) is 4.41. The number of nitrogens with zero attached hydrogens (tertiary/aromatic N) is 1. The van der Waals surface area contributed by atoms with Crippen molar-refractivity contribution in [1.29, 1.82) is 0 Å². The van der Waals surface area contributed by atoms with Crippen LogP contribution in [0.1, 0.15) is 37.7 Å². The van der Waals surface area contributed by atoms with Gasteiger partial charge in [0.1, 0.15) is 0 Å². The topological polar surface area (TPSA) is 46.3 Å². The van der Waals surface area contributed by atoms with E-state index in [2.05, 4.69) is 0 Å². The van der Waals surface area contributed by atoms with Gasteiger partial charge >= 0.3 is 0 Å². The fourth-order valence-electron chi connectivity index (χ4n) is 2.76. The highest BCUT2D eigenvalue weighted by atomic mass is 35.5. The molecule has 0 saturated heterocycles. The minimum atomic E-state index is -0.900. The van der Waals surface area contributed by atoms with Gasteiger partial charge in [0.2, 0.25) is 5.91 Å². The second kappa shape index (κ2) is 7.18. The van der Waals surface area contributed by atoms with Crippen molar-refractivity contribution in [3.63, 3.8) is 0 Å². The molecule has 0 spiro atoms. The van der Waals surface area contributed by atoms with Gasteiger partial charge < -0.3 is 10.6 Å². The lowest BCUT2D eigenvalue weighted by Crippen LogP contribution is -2.55. The molecular weight excluding hydrogens is 298 g/mol. The zero-order valence-corrected chi connectivity index (χ0v) is 12.9. The van der Waals surface area contributed by atoms with Crippen LogP contribution in [-0.2, 0) is 11.3 Å². The molecule has 0 heterocycles. The van der Waals surface area contributed by atoms with Crippen molar-refractivity contribution < 1.29 is 13.6 Å². The fourth-order valence-corrected chi connectivity index (χ4v) is 2.76. The van der Waals surface area contributed by atoms with E-state index in [1.165, 1.54) is 11.0 Å². The first-order chi connectivity index (χ1) is 9.42. The van der Waals surface area contributed by atoms with Crippen molar-refractivity contribution in [2.24, 2.45) is 5.73 Å². The number of carbonyl (C=O) groups excluding carboxylic acids is 1. The third-order valence-corrected chi connectivity index (χ3v) is 3.92. The molecule has 0 aromatic heterocycles. The molecule has 1 fully saturated rings. The first-order valence-electron chi connectivity index (χ1n) is 6.91. The molecule has 2 N–H and O–H groups in total. The minimum absolute atomic E-state index is 0. The lowest BCUT2D eigenvalue weighted by Gasteiger charge is -2.35. The lowest BCUT2D eigenvalue weighted by molar-refractivity contribution is -0.137. The molecule has 118 valence electrons. The molecule has 0 bridgehead atoms. The van der Waals surface area contributed by atoms with E-state index in [-0.39, 0.29) is 24.9 Å². The van der Waals surface area contributed by atoms with Crippen LogP contribution in [0.15, 0.2) is 18.2 Å². The highest BCUT2D eigenvalue weighted by Crippen LogP contribution is 2.27. The van der Waals surface area contributed by atoms with Gasteiger partial charge in [0.25, 0.3) is 0 Å². The summed E-state index contributed by atoms with van der Waals surface area (Å²) in [7, 11) is 1.65. The maximum atomic E-state index is 13.2. The zero-order chi connectivity index (χ0) is 14.8. The number of likely N-dealkylation sites (N-methyl/N-ethyl adjacent to an activating group) is 1. The average Bonchev–Trinajstić information content (AvgIpc) is 2.43. The Balaban J connectivity index is 0.00000220.